The van der Waals surface area contributed by atoms with E-state index in [2.05, 4.69) is 0 Å². The molecule has 0 bridgehead atoms. The van der Waals surface area contributed by atoms with E-state index in [-0.39, 0.29) is 5.56 Å². The molecular weight excluding hydrogens is 270 g/mol. The molecule has 0 spiro atoms. The zero-order valence-corrected chi connectivity index (χ0v) is 10.4. The number of benzene rings is 1. The second-order valence-electron chi connectivity index (χ2n) is 4.22. The average molecular weight is 280 g/mol. The van der Waals surface area contributed by atoms with Crippen molar-refractivity contribution in [2.45, 2.75) is 13.5 Å². The highest BCUT2D eigenvalue weighted by molar-refractivity contribution is 5.96. The van der Waals surface area contributed by atoms with Crippen LogP contribution < -0.4 is 11.2 Å². The van der Waals surface area contributed by atoms with Gasteiger partial charge < -0.3 is 0 Å². The first-order valence-corrected chi connectivity index (χ1v) is 5.67. The maximum absolute atomic E-state index is 13.4. The van der Waals surface area contributed by atoms with E-state index in [1.54, 1.807) is 0 Å². The largest absolute Gasteiger partial charge is 0.328 e. The molecule has 0 fully saturated rings. The average Bonchev–Trinajstić information content (AvgIpc) is 2.35. The Kier molecular flexibility index (Phi) is 3.60. The Balaban J connectivity index is 2.41. The van der Waals surface area contributed by atoms with Crippen molar-refractivity contribution in [3.05, 3.63) is 68.0 Å². The summed E-state index contributed by atoms with van der Waals surface area (Å²) in [7, 11) is 0. The van der Waals surface area contributed by atoms with Crippen molar-refractivity contribution in [2.75, 3.05) is 0 Å². The first kappa shape index (κ1) is 13.9. The first-order chi connectivity index (χ1) is 9.40. The maximum atomic E-state index is 13.4. The van der Waals surface area contributed by atoms with E-state index in [9.17, 15) is 23.2 Å². The molecule has 0 atom stereocenters. The van der Waals surface area contributed by atoms with E-state index >= 15 is 0 Å². The third kappa shape index (κ3) is 2.56. The molecule has 0 unspecified atom stereocenters. The van der Waals surface area contributed by atoms with Gasteiger partial charge in [-0.05, 0) is 19.1 Å². The van der Waals surface area contributed by atoms with Gasteiger partial charge in [0.25, 0.3) is 5.56 Å². The molecule has 1 N–H and O–H groups in total. The molecule has 0 saturated carbocycles. The Bertz CT molecular complexity index is 773. The number of hydrogen-bond donors (Lipinski definition) is 1. The molecule has 0 radical (unpaired) electrons. The predicted molar refractivity (Wildman–Crippen MR) is 66.7 cm³/mol. The summed E-state index contributed by atoms with van der Waals surface area (Å²) in [5.74, 6) is -2.89. The minimum absolute atomic E-state index is 0.214. The summed E-state index contributed by atoms with van der Waals surface area (Å²) < 4.78 is 27.8. The zero-order valence-electron chi connectivity index (χ0n) is 10.4. The molecule has 20 heavy (non-hydrogen) atoms. The van der Waals surface area contributed by atoms with Crippen LogP contribution in [0.3, 0.4) is 0 Å². The molecule has 1 aromatic carbocycles. The SMILES string of the molecule is Cc1cn(CC(=O)c2c(F)cccc2F)c(=O)[nH]c1=O. The summed E-state index contributed by atoms with van der Waals surface area (Å²) in [6.45, 7) is 0.886. The number of nitrogens with one attached hydrogen (secondary N) is 1. The monoisotopic (exact) mass is 280 g/mol. The van der Waals surface area contributed by atoms with Gasteiger partial charge in [0.15, 0.2) is 5.78 Å². The molecule has 7 heteroatoms. The lowest BCUT2D eigenvalue weighted by Crippen LogP contribution is -2.33. The van der Waals surface area contributed by atoms with Gasteiger partial charge in [0.1, 0.15) is 11.6 Å². The molecular formula is C13H10F2N2O3. The first-order valence-electron chi connectivity index (χ1n) is 5.67. The van der Waals surface area contributed by atoms with Gasteiger partial charge in [-0.1, -0.05) is 6.07 Å². The minimum atomic E-state index is -0.996. The molecule has 0 aliphatic heterocycles. The number of rotatable bonds is 3. The van der Waals surface area contributed by atoms with Crippen LogP contribution in [0.5, 0.6) is 0 Å². The van der Waals surface area contributed by atoms with Crippen LogP contribution in [-0.4, -0.2) is 15.3 Å². The fourth-order valence-electron chi connectivity index (χ4n) is 1.73. The number of nitrogens with zero attached hydrogens (tertiary/aromatic N) is 1. The van der Waals surface area contributed by atoms with Gasteiger partial charge in [0.2, 0.25) is 0 Å². The molecule has 1 aromatic heterocycles. The third-order valence-electron chi connectivity index (χ3n) is 2.74. The van der Waals surface area contributed by atoms with Gasteiger partial charge in [-0.2, -0.15) is 0 Å². The van der Waals surface area contributed by atoms with E-state index in [0.717, 1.165) is 29.0 Å². The van der Waals surface area contributed by atoms with E-state index in [0.29, 0.717) is 0 Å². The second-order valence-corrected chi connectivity index (χ2v) is 4.22. The lowest BCUT2D eigenvalue weighted by atomic mass is 10.1. The number of carbonyl (C=O) groups excluding carboxylic acids is 1. The summed E-state index contributed by atoms with van der Waals surface area (Å²) in [4.78, 5) is 36.6. The number of hydrogen-bond acceptors (Lipinski definition) is 3. The van der Waals surface area contributed by atoms with E-state index < -0.39 is 40.8 Å². The molecule has 0 amide bonds. The van der Waals surface area contributed by atoms with Crippen LogP contribution in [0.4, 0.5) is 8.78 Å². The smallest absolute Gasteiger partial charge is 0.293 e. The van der Waals surface area contributed by atoms with Gasteiger partial charge in [0.05, 0.1) is 12.1 Å². The van der Waals surface area contributed by atoms with Crippen LogP contribution in [0.2, 0.25) is 0 Å². The lowest BCUT2D eigenvalue weighted by Gasteiger charge is -2.07. The van der Waals surface area contributed by atoms with Gasteiger partial charge in [-0.15, -0.1) is 0 Å². The summed E-state index contributed by atoms with van der Waals surface area (Å²) in [5, 5.41) is 0. The minimum Gasteiger partial charge on any atom is -0.293 e. The Morgan fingerprint density at radius 1 is 1.25 bits per heavy atom. The van der Waals surface area contributed by atoms with Crippen LogP contribution in [0.25, 0.3) is 0 Å². The highest BCUT2D eigenvalue weighted by Crippen LogP contribution is 2.13. The number of aromatic amines is 1. The summed E-state index contributed by atoms with van der Waals surface area (Å²) in [6, 6.07) is 3.05. The van der Waals surface area contributed by atoms with Gasteiger partial charge in [0, 0.05) is 11.8 Å². The topological polar surface area (TPSA) is 71.9 Å². The zero-order chi connectivity index (χ0) is 14.9. The van der Waals surface area contributed by atoms with Crippen molar-refractivity contribution in [1.29, 1.82) is 0 Å². The number of ketones is 1. The fraction of sp³-hybridized carbons (Fsp3) is 0.154. The Labute approximate surface area is 111 Å². The lowest BCUT2D eigenvalue weighted by molar-refractivity contribution is 0.0962. The van der Waals surface area contributed by atoms with E-state index in [1.165, 1.54) is 6.92 Å². The van der Waals surface area contributed by atoms with Crippen LogP contribution in [-0.2, 0) is 6.54 Å². The predicted octanol–water partition coefficient (Wildman–Crippen LogP) is 1.01. The second kappa shape index (κ2) is 5.20. The van der Waals surface area contributed by atoms with Gasteiger partial charge in [-0.3, -0.25) is 19.1 Å². The highest BCUT2D eigenvalue weighted by atomic mass is 19.1. The quantitative estimate of drug-likeness (QED) is 0.853. The van der Waals surface area contributed by atoms with Crippen LogP contribution in [0.15, 0.2) is 34.0 Å². The summed E-state index contributed by atoms with van der Waals surface area (Å²) in [6.07, 6.45) is 1.16. The van der Waals surface area contributed by atoms with Crippen molar-refractivity contribution in [2.24, 2.45) is 0 Å². The third-order valence-corrected chi connectivity index (χ3v) is 2.74. The van der Waals surface area contributed by atoms with Crippen molar-refractivity contribution >= 4 is 5.78 Å². The number of carbonyl (C=O) groups is 1. The van der Waals surface area contributed by atoms with Crippen LogP contribution >= 0.6 is 0 Å². The molecule has 0 saturated heterocycles. The Hall–Kier alpha value is -2.57. The van der Waals surface area contributed by atoms with Crippen molar-refractivity contribution in [1.82, 2.24) is 9.55 Å². The van der Waals surface area contributed by atoms with E-state index in [1.807, 2.05) is 4.98 Å². The van der Waals surface area contributed by atoms with Crippen molar-refractivity contribution in [3.63, 3.8) is 0 Å². The number of aryl methyl sites for hydroxylation is 1. The van der Waals surface area contributed by atoms with Crippen LogP contribution in [0, 0.1) is 18.6 Å². The molecule has 0 aliphatic rings. The Morgan fingerprint density at radius 2 is 1.85 bits per heavy atom. The van der Waals surface area contributed by atoms with Gasteiger partial charge in [-0.25, -0.2) is 13.6 Å². The summed E-state index contributed by atoms with van der Waals surface area (Å²) >= 11 is 0. The number of aromatic nitrogens is 2. The standard InChI is InChI=1S/C13H10F2N2O3/c1-7-5-17(13(20)16-12(7)19)6-10(18)11-8(14)3-2-4-9(11)15/h2-5H,6H2,1H3,(H,16,19,20). The highest BCUT2D eigenvalue weighted by Gasteiger charge is 2.18. The number of halogens is 2. The number of Topliss-reactive ketones (excluding diaryl/α,β-unsaturated/α-hetero) is 1. The molecule has 5 nitrogen and oxygen atoms in total. The maximum Gasteiger partial charge on any atom is 0.328 e. The number of H-pyrrole nitrogens is 1. The molecule has 1 heterocycles. The molecule has 2 rings (SSSR count). The fourth-order valence-corrected chi connectivity index (χ4v) is 1.73. The van der Waals surface area contributed by atoms with Crippen LogP contribution in [0.1, 0.15) is 15.9 Å². The molecule has 0 aliphatic carbocycles. The molecule has 2 aromatic rings. The van der Waals surface area contributed by atoms with E-state index in [4.69, 9.17) is 0 Å². The molecule has 104 valence electrons. The Morgan fingerprint density at radius 3 is 2.45 bits per heavy atom. The normalized spacial score (nSPS) is 10.6. The van der Waals surface area contributed by atoms with Crippen molar-refractivity contribution < 1.29 is 13.6 Å². The van der Waals surface area contributed by atoms with Crippen molar-refractivity contribution in [3.8, 4) is 0 Å². The summed E-state index contributed by atoms with van der Waals surface area (Å²) in [5.41, 5.74) is -1.88. The van der Waals surface area contributed by atoms with Gasteiger partial charge >= 0.3 is 5.69 Å².